The van der Waals surface area contributed by atoms with Crippen molar-refractivity contribution in [2.45, 2.75) is 38.6 Å². The smallest absolute Gasteiger partial charge is 0.254 e. The number of hydrogen-bond donors (Lipinski definition) is 2. The molecule has 27 heavy (non-hydrogen) atoms. The minimum absolute atomic E-state index is 0.0430. The molecule has 0 unspecified atom stereocenters. The van der Waals surface area contributed by atoms with E-state index >= 15 is 0 Å². The maximum Gasteiger partial charge on any atom is 0.254 e. The quantitative estimate of drug-likeness (QED) is 0.803. The van der Waals surface area contributed by atoms with Gasteiger partial charge in [0.1, 0.15) is 5.82 Å². The molecule has 2 N–H and O–H groups in total. The van der Waals surface area contributed by atoms with Crippen LogP contribution in [0.3, 0.4) is 0 Å². The molecule has 0 saturated carbocycles. The standard InChI is InChI=1S/C19H23N3O4S/c1-13-15(18(24)21-17(20-13)14-6-4-3-5-7-14)8-9-16(23)22-19(2)10-11-27(25,26)12-19/h3-7H,8-12H2,1-2H3,(H,22,23)(H,20,21,24)/t19-/m1/s1. The summed E-state index contributed by atoms with van der Waals surface area (Å²) in [5, 5.41) is 2.81. The number of aromatic nitrogens is 2. The fourth-order valence-corrected chi connectivity index (χ4v) is 5.48. The Morgan fingerprint density at radius 3 is 2.59 bits per heavy atom. The molecule has 0 bridgehead atoms. The fourth-order valence-electron chi connectivity index (χ4n) is 3.38. The molecule has 1 aliphatic rings. The highest BCUT2D eigenvalue weighted by Crippen LogP contribution is 2.23. The molecular weight excluding hydrogens is 366 g/mol. The van der Waals surface area contributed by atoms with Crippen LogP contribution in [0.4, 0.5) is 0 Å². The summed E-state index contributed by atoms with van der Waals surface area (Å²) < 4.78 is 23.3. The Balaban J connectivity index is 1.68. The van der Waals surface area contributed by atoms with E-state index in [2.05, 4.69) is 15.3 Å². The fraction of sp³-hybridized carbons (Fsp3) is 0.421. The van der Waals surface area contributed by atoms with E-state index in [1.165, 1.54) is 0 Å². The molecule has 7 nitrogen and oxygen atoms in total. The molecule has 1 aromatic carbocycles. The third-order valence-electron chi connectivity index (χ3n) is 4.82. The van der Waals surface area contributed by atoms with Crippen molar-refractivity contribution in [1.82, 2.24) is 15.3 Å². The van der Waals surface area contributed by atoms with Crippen LogP contribution < -0.4 is 10.9 Å². The van der Waals surface area contributed by atoms with Crippen molar-refractivity contribution in [2.75, 3.05) is 11.5 Å². The van der Waals surface area contributed by atoms with E-state index in [0.29, 0.717) is 23.5 Å². The third kappa shape index (κ3) is 4.63. The lowest BCUT2D eigenvalue weighted by atomic mass is 10.0. The number of nitrogens with zero attached hydrogens (tertiary/aromatic N) is 1. The number of aromatic amines is 1. The molecular formula is C19H23N3O4S. The first-order valence-electron chi connectivity index (χ1n) is 8.84. The van der Waals surface area contributed by atoms with E-state index < -0.39 is 15.4 Å². The topological polar surface area (TPSA) is 109 Å². The summed E-state index contributed by atoms with van der Waals surface area (Å²) in [5.41, 5.74) is 0.877. The second-order valence-corrected chi connectivity index (χ2v) is 9.48. The zero-order chi connectivity index (χ0) is 19.7. The molecule has 1 fully saturated rings. The van der Waals surface area contributed by atoms with Crippen molar-refractivity contribution >= 4 is 15.7 Å². The number of aryl methyl sites for hydroxylation is 1. The second-order valence-electron chi connectivity index (χ2n) is 7.30. The number of hydrogen-bond acceptors (Lipinski definition) is 5. The molecule has 8 heteroatoms. The molecule has 2 aromatic rings. The van der Waals surface area contributed by atoms with Gasteiger partial charge in [0.25, 0.3) is 5.56 Å². The summed E-state index contributed by atoms with van der Waals surface area (Å²) in [6.07, 6.45) is 0.762. The average Bonchev–Trinajstić information content (AvgIpc) is 2.87. The number of rotatable bonds is 5. The monoisotopic (exact) mass is 389 g/mol. The van der Waals surface area contributed by atoms with Crippen molar-refractivity contribution < 1.29 is 13.2 Å². The predicted octanol–water partition coefficient (Wildman–Crippen LogP) is 1.37. The first kappa shape index (κ1) is 19.3. The summed E-state index contributed by atoms with van der Waals surface area (Å²) in [4.78, 5) is 31.9. The molecule has 0 radical (unpaired) electrons. The summed E-state index contributed by atoms with van der Waals surface area (Å²) >= 11 is 0. The van der Waals surface area contributed by atoms with Gasteiger partial charge in [0.15, 0.2) is 9.84 Å². The Labute approximate surface area is 158 Å². The van der Waals surface area contributed by atoms with Crippen LogP contribution in [0.5, 0.6) is 0 Å². The Kier molecular flexibility index (Phi) is 5.19. The van der Waals surface area contributed by atoms with Crippen LogP contribution in [0.15, 0.2) is 35.1 Å². The second kappa shape index (κ2) is 7.26. The van der Waals surface area contributed by atoms with Crippen LogP contribution in [-0.4, -0.2) is 41.3 Å². The normalized spacial score (nSPS) is 21.1. The van der Waals surface area contributed by atoms with Gasteiger partial charge < -0.3 is 10.3 Å². The predicted molar refractivity (Wildman–Crippen MR) is 103 cm³/mol. The molecule has 1 aliphatic heterocycles. The van der Waals surface area contributed by atoms with Crippen LogP contribution in [0.25, 0.3) is 11.4 Å². The van der Waals surface area contributed by atoms with Gasteiger partial charge in [-0.3, -0.25) is 9.59 Å². The van der Waals surface area contributed by atoms with Gasteiger partial charge in [0, 0.05) is 23.2 Å². The van der Waals surface area contributed by atoms with E-state index in [-0.39, 0.29) is 35.8 Å². The van der Waals surface area contributed by atoms with Gasteiger partial charge in [0.2, 0.25) is 5.91 Å². The largest absolute Gasteiger partial charge is 0.350 e. The van der Waals surface area contributed by atoms with E-state index in [1.54, 1.807) is 13.8 Å². The molecule has 1 saturated heterocycles. The number of carbonyl (C=O) groups excluding carboxylic acids is 1. The van der Waals surface area contributed by atoms with Crippen LogP contribution in [0.2, 0.25) is 0 Å². The summed E-state index contributed by atoms with van der Waals surface area (Å²) in [5.74, 6) is 0.280. The number of carbonyl (C=O) groups is 1. The Morgan fingerprint density at radius 1 is 1.30 bits per heavy atom. The Bertz CT molecular complexity index is 1010. The minimum Gasteiger partial charge on any atom is -0.350 e. The van der Waals surface area contributed by atoms with E-state index in [0.717, 1.165) is 5.56 Å². The van der Waals surface area contributed by atoms with Crippen LogP contribution in [0.1, 0.15) is 31.0 Å². The van der Waals surface area contributed by atoms with E-state index in [9.17, 15) is 18.0 Å². The zero-order valence-electron chi connectivity index (χ0n) is 15.4. The lowest BCUT2D eigenvalue weighted by Crippen LogP contribution is -2.47. The van der Waals surface area contributed by atoms with Gasteiger partial charge in [-0.1, -0.05) is 30.3 Å². The first-order chi connectivity index (χ1) is 12.7. The lowest BCUT2D eigenvalue weighted by molar-refractivity contribution is -0.122. The third-order valence-corrected chi connectivity index (χ3v) is 6.72. The first-order valence-corrected chi connectivity index (χ1v) is 10.7. The molecule has 1 aromatic heterocycles. The van der Waals surface area contributed by atoms with Crippen molar-refractivity contribution in [3.05, 3.63) is 51.9 Å². The van der Waals surface area contributed by atoms with Gasteiger partial charge in [-0.25, -0.2) is 13.4 Å². The SMILES string of the molecule is Cc1nc(-c2ccccc2)[nH]c(=O)c1CCC(=O)N[C@]1(C)CCS(=O)(=O)C1. The van der Waals surface area contributed by atoms with Crippen molar-refractivity contribution in [3.63, 3.8) is 0 Å². The van der Waals surface area contributed by atoms with Crippen LogP contribution in [0, 0.1) is 6.92 Å². The summed E-state index contributed by atoms with van der Waals surface area (Å²) in [6.45, 7) is 3.49. The molecule has 0 aliphatic carbocycles. The van der Waals surface area contributed by atoms with Gasteiger partial charge >= 0.3 is 0 Å². The van der Waals surface area contributed by atoms with Crippen molar-refractivity contribution in [3.8, 4) is 11.4 Å². The highest BCUT2D eigenvalue weighted by atomic mass is 32.2. The Morgan fingerprint density at radius 2 is 2.00 bits per heavy atom. The van der Waals surface area contributed by atoms with Gasteiger partial charge in [-0.15, -0.1) is 0 Å². The maximum absolute atomic E-state index is 12.4. The molecule has 2 heterocycles. The average molecular weight is 389 g/mol. The number of benzene rings is 1. The summed E-state index contributed by atoms with van der Waals surface area (Å²) in [6, 6.07) is 9.35. The molecule has 144 valence electrons. The number of amides is 1. The van der Waals surface area contributed by atoms with Crippen LogP contribution >= 0.6 is 0 Å². The molecule has 0 spiro atoms. The zero-order valence-corrected chi connectivity index (χ0v) is 16.2. The van der Waals surface area contributed by atoms with Gasteiger partial charge in [0.05, 0.1) is 17.0 Å². The molecule has 1 atom stereocenters. The lowest BCUT2D eigenvalue weighted by Gasteiger charge is -2.23. The van der Waals surface area contributed by atoms with E-state index in [1.807, 2.05) is 30.3 Å². The number of nitrogens with one attached hydrogen (secondary N) is 2. The number of H-pyrrole nitrogens is 1. The van der Waals surface area contributed by atoms with Gasteiger partial charge in [-0.05, 0) is 26.7 Å². The minimum atomic E-state index is -3.09. The molecule has 3 rings (SSSR count). The maximum atomic E-state index is 12.4. The summed E-state index contributed by atoms with van der Waals surface area (Å²) in [7, 11) is -3.09. The highest BCUT2D eigenvalue weighted by molar-refractivity contribution is 7.91. The van der Waals surface area contributed by atoms with Gasteiger partial charge in [-0.2, -0.15) is 0 Å². The molecule has 1 amide bonds. The van der Waals surface area contributed by atoms with E-state index in [4.69, 9.17) is 0 Å². The van der Waals surface area contributed by atoms with Crippen molar-refractivity contribution in [1.29, 1.82) is 0 Å². The van der Waals surface area contributed by atoms with Crippen LogP contribution in [-0.2, 0) is 21.1 Å². The Hall–Kier alpha value is -2.48. The van der Waals surface area contributed by atoms with Crippen molar-refractivity contribution in [2.24, 2.45) is 0 Å². The number of sulfone groups is 1. The highest BCUT2D eigenvalue weighted by Gasteiger charge is 2.39.